The number of morpholine rings is 1. The first-order chi connectivity index (χ1) is 7.68. The minimum atomic E-state index is -0.197. The SMILES string of the molecule is CC(N)c1ccc(N2CCOCC2)c(F)c1.Cl.Cl. The fraction of sp³-hybridized carbons (Fsp3) is 0.500. The zero-order valence-corrected chi connectivity index (χ0v) is 11.9. The zero-order valence-electron chi connectivity index (χ0n) is 10.3. The largest absolute Gasteiger partial charge is 0.378 e. The first-order valence-electron chi connectivity index (χ1n) is 5.56. The number of rotatable bonds is 2. The molecule has 0 spiro atoms. The van der Waals surface area contributed by atoms with Crippen molar-refractivity contribution in [1.29, 1.82) is 0 Å². The summed E-state index contributed by atoms with van der Waals surface area (Å²) in [6, 6.07) is 5.08. The van der Waals surface area contributed by atoms with Crippen LogP contribution in [0.2, 0.25) is 0 Å². The summed E-state index contributed by atoms with van der Waals surface area (Å²) in [5, 5.41) is 0. The van der Waals surface area contributed by atoms with E-state index in [1.165, 1.54) is 6.07 Å². The number of benzene rings is 1. The highest BCUT2D eigenvalue weighted by Gasteiger charge is 2.15. The van der Waals surface area contributed by atoms with Crippen molar-refractivity contribution >= 4 is 30.5 Å². The van der Waals surface area contributed by atoms with Crippen molar-refractivity contribution in [1.82, 2.24) is 0 Å². The van der Waals surface area contributed by atoms with Crippen molar-refractivity contribution in [2.75, 3.05) is 31.2 Å². The molecule has 0 radical (unpaired) electrons. The number of nitrogens with two attached hydrogens (primary N) is 1. The van der Waals surface area contributed by atoms with Gasteiger partial charge in [0, 0.05) is 19.1 Å². The van der Waals surface area contributed by atoms with Crippen LogP contribution in [0.4, 0.5) is 10.1 Å². The highest BCUT2D eigenvalue weighted by atomic mass is 35.5. The third kappa shape index (κ3) is 3.99. The van der Waals surface area contributed by atoms with E-state index in [0.29, 0.717) is 18.9 Å². The summed E-state index contributed by atoms with van der Waals surface area (Å²) < 4.78 is 19.1. The Morgan fingerprint density at radius 1 is 1.28 bits per heavy atom. The highest BCUT2D eigenvalue weighted by Crippen LogP contribution is 2.23. The molecule has 0 amide bonds. The molecule has 0 bridgehead atoms. The maximum absolute atomic E-state index is 13.9. The maximum atomic E-state index is 13.9. The molecular weight excluding hydrogens is 278 g/mol. The van der Waals surface area contributed by atoms with E-state index in [0.717, 1.165) is 18.7 Å². The Morgan fingerprint density at radius 2 is 1.89 bits per heavy atom. The van der Waals surface area contributed by atoms with Crippen LogP contribution in [0.1, 0.15) is 18.5 Å². The smallest absolute Gasteiger partial charge is 0.146 e. The van der Waals surface area contributed by atoms with E-state index in [2.05, 4.69) is 0 Å². The molecular formula is C12H19Cl2FN2O. The molecule has 1 aromatic carbocycles. The molecule has 1 saturated heterocycles. The topological polar surface area (TPSA) is 38.5 Å². The molecule has 1 aliphatic heterocycles. The maximum Gasteiger partial charge on any atom is 0.146 e. The van der Waals surface area contributed by atoms with Gasteiger partial charge in [-0.05, 0) is 24.6 Å². The predicted molar refractivity (Wildman–Crippen MR) is 76.5 cm³/mol. The minimum absolute atomic E-state index is 0. The fourth-order valence-electron chi connectivity index (χ4n) is 1.87. The summed E-state index contributed by atoms with van der Waals surface area (Å²) in [5.74, 6) is -0.197. The van der Waals surface area contributed by atoms with E-state index in [1.54, 1.807) is 6.07 Å². The van der Waals surface area contributed by atoms with Gasteiger partial charge in [0.25, 0.3) is 0 Å². The van der Waals surface area contributed by atoms with Gasteiger partial charge in [0.2, 0.25) is 0 Å². The Bertz CT molecular complexity index is 371. The standard InChI is InChI=1S/C12H17FN2O.2ClH/c1-9(14)10-2-3-12(11(13)8-10)15-4-6-16-7-5-15;;/h2-3,8-9H,4-7,14H2,1H3;2*1H. The van der Waals surface area contributed by atoms with Gasteiger partial charge in [-0.1, -0.05) is 6.07 Å². The molecule has 0 aliphatic carbocycles. The van der Waals surface area contributed by atoms with Crippen LogP contribution in [-0.4, -0.2) is 26.3 Å². The lowest BCUT2D eigenvalue weighted by Crippen LogP contribution is -2.36. The molecule has 1 aliphatic rings. The van der Waals surface area contributed by atoms with Crippen LogP contribution in [0.25, 0.3) is 0 Å². The summed E-state index contributed by atoms with van der Waals surface area (Å²) >= 11 is 0. The first-order valence-corrected chi connectivity index (χ1v) is 5.56. The fourth-order valence-corrected chi connectivity index (χ4v) is 1.87. The van der Waals surface area contributed by atoms with Crippen LogP contribution < -0.4 is 10.6 Å². The van der Waals surface area contributed by atoms with Gasteiger partial charge in [0.1, 0.15) is 5.82 Å². The Hall–Kier alpha value is -0.550. The molecule has 2 N–H and O–H groups in total. The van der Waals surface area contributed by atoms with Gasteiger partial charge >= 0.3 is 0 Å². The lowest BCUT2D eigenvalue weighted by Gasteiger charge is -2.29. The molecule has 1 fully saturated rings. The van der Waals surface area contributed by atoms with Gasteiger partial charge in [-0.25, -0.2) is 4.39 Å². The average Bonchev–Trinajstić information content (AvgIpc) is 2.30. The highest BCUT2D eigenvalue weighted by molar-refractivity contribution is 5.85. The van der Waals surface area contributed by atoms with Crippen LogP contribution in [0.3, 0.4) is 0 Å². The molecule has 3 nitrogen and oxygen atoms in total. The quantitative estimate of drug-likeness (QED) is 0.911. The summed E-state index contributed by atoms with van der Waals surface area (Å²) in [5.41, 5.74) is 7.19. The van der Waals surface area contributed by atoms with E-state index in [9.17, 15) is 4.39 Å². The molecule has 1 atom stereocenters. The van der Waals surface area contributed by atoms with Crippen LogP contribution >= 0.6 is 24.8 Å². The van der Waals surface area contributed by atoms with Crippen molar-refractivity contribution in [3.63, 3.8) is 0 Å². The van der Waals surface area contributed by atoms with Gasteiger partial charge < -0.3 is 15.4 Å². The molecule has 1 unspecified atom stereocenters. The summed E-state index contributed by atoms with van der Waals surface area (Å²) in [4.78, 5) is 2.00. The number of nitrogens with zero attached hydrogens (tertiary/aromatic N) is 1. The lowest BCUT2D eigenvalue weighted by molar-refractivity contribution is 0.122. The third-order valence-electron chi connectivity index (χ3n) is 2.85. The number of halogens is 3. The second-order valence-corrected chi connectivity index (χ2v) is 4.10. The Labute approximate surface area is 119 Å². The van der Waals surface area contributed by atoms with Gasteiger partial charge in [0.15, 0.2) is 0 Å². The number of hydrogen-bond acceptors (Lipinski definition) is 3. The molecule has 18 heavy (non-hydrogen) atoms. The Kier molecular flexibility index (Phi) is 7.55. The van der Waals surface area contributed by atoms with E-state index in [4.69, 9.17) is 10.5 Å². The molecule has 6 heteroatoms. The van der Waals surface area contributed by atoms with Gasteiger partial charge in [-0.3, -0.25) is 0 Å². The monoisotopic (exact) mass is 296 g/mol. The number of anilines is 1. The summed E-state index contributed by atoms with van der Waals surface area (Å²) in [7, 11) is 0. The Morgan fingerprint density at radius 3 is 2.39 bits per heavy atom. The van der Waals surface area contributed by atoms with E-state index < -0.39 is 0 Å². The second-order valence-electron chi connectivity index (χ2n) is 4.10. The molecule has 2 rings (SSSR count). The second kappa shape index (κ2) is 7.79. The van der Waals surface area contributed by atoms with Crippen molar-refractivity contribution in [2.45, 2.75) is 13.0 Å². The van der Waals surface area contributed by atoms with Gasteiger partial charge in [-0.15, -0.1) is 24.8 Å². The van der Waals surface area contributed by atoms with Gasteiger partial charge in [-0.2, -0.15) is 0 Å². The zero-order chi connectivity index (χ0) is 11.5. The number of ether oxygens (including phenoxy) is 1. The molecule has 104 valence electrons. The van der Waals surface area contributed by atoms with Crippen molar-refractivity contribution in [3.05, 3.63) is 29.6 Å². The molecule has 1 heterocycles. The normalized spacial score (nSPS) is 16.5. The molecule has 1 aromatic rings. The van der Waals surface area contributed by atoms with Crippen LogP contribution in [0.15, 0.2) is 18.2 Å². The van der Waals surface area contributed by atoms with Crippen LogP contribution in [0, 0.1) is 5.82 Å². The van der Waals surface area contributed by atoms with E-state index in [1.807, 2.05) is 17.9 Å². The van der Waals surface area contributed by atoms with Crippen LogP contribution in [-0.2, 0) is 4.74 Å². The lowest BCUT2D eigenvalue weighted by atomic mass is 10.1. The predicted octanol–water partition coefficient (Wildman–Crippen LogP) is 2.53. The summed E-state index contributed by atoms with van der Waals surface area (Å²) in [6.07, 6.45) is 0. The first kappa shape index (κ1) is 17.4. The van der Waals surface area contributed by atoms with E-state index >= 15 is 0 Å². The van der Waals surface area contributed by atoms with Crippen molar-refractivity contribution in [3.8, 4) is 0 Å². The minimum Gasteiger partial charge on any atom is -0.378 e. The van der Waals surface area contributed by atoms with Crippen molar-refractivity contribution < 1.29 is 9.13 Å². The average molecular weight is 297 g/mol. The van der Waals surface area contributed by atoms with Gasteiger partial charge in [0.05, 0.1) is 18.9 Å². The third-order valence-corrected chi connectivity index (χ3v) is 2.85. The van der Waals surface area contributed by atoms with Crippen LogP contribution in [0.5, 0.6) is 0 Å². The summed E-state index contributed by atoms with van der Waals surface area (Å²) in [6.45, 7) is 4.66. The molecule has 0 saturated carbocycles. The number of hydrogen-bond donors (Lipinski definition) is 1. The van der Waals surface area contributed by atoms with Crippen molar-refractivity contribution in [2.24, 2.45) is 5.73 Å². The Balaban J connectivity index is 0.00000144. The van der Waals surface area contributed by atoms with E-state index in [-0.39, 0.29) is 36.7 Å². The molecule has 0 aromatic heterocycles.